The van der Waals surface area contributed by atoms with E-state index in [1.54, 1.807) is 6.92 Å². The van der Waals surface area contributed by atoms with Crippen molar-refractivity contribution >= 4 is 5.91 Å². The molecule has 0 heterocycles. The van der Waals surface area contributed by atoms with Gasteiger partial charge in [0.25, 0.3) is 0 Å². The molecule has 0 aromatic rings. The molecule has 3 atom stereocenters. The Morgan fingerprint density at radius 2 is 2.00 bits per heavy atom. The normalized spacial score (nSPS) is 29.7. The molecule has 1 aliphatic rings. The van der Waals surface area contributed by atoms with Gasteiger partial charge in [-0.1, -0.05) is 19.8 Å². The highest BCUT2D eigenvalue weighted by Gasteiger charge is 2.28. The molecular formula is C11H22N2O. The molecular weight excluding hydrogens is 176 g/mol. The summed E-state index contributed by atoms with van der Waals surface area (Å²) in [7, 11) is 1.89. The Hall–Kier alpha value is -0.570. The first-order chi connectivity index (χ1) is 6.54. The van der Waals surface area contributed by atoms with Gasteiger partial charge in [0.15, 0.2) is 0 Å². The minimum atomic E-state index is -0.367. The maximum absolute atomic E-state index is 11.7. The Kier molecular flexibility index (Phi) is 3.93. The van der Waals surface area contributed by atoms with Crippen molar-refractivity contribution < 1.29 is 4.79 Å². The molecule has 2 unspecified atom stereocenters. The second-order valence-corrected chi connectivity index (χ2v) is 4.57. The summed E-state index contributed by atoms with van der Waals surface area (Å²) >= 11 is 0. The highest BCUT2D eigenvalue weighted by atomic mass is 16.2. The van der Waals surface area contributed by atoms with Gasteiger partial charge in [-0.2, -0.15) is 0 Å². The smallest absolute Gasteiger partial charge is 0.239 e. The van der Waals surface area contributed by atoms with Crippen LogP contribution in [0.4, 0.5) is 0 Å². The highest BCUT2D eigenvalue weighted by Crippen LogP contribution is 2.27. The monoisotopic (exact) mass is 198 g/mol. The van der Waals surface area contributed by atoms with Gasteiger partial charge in [0.05, 0.1) is 6.04 Å². The van der Waals surface area contributed by atoms with Crippen LogP contribution in [0.1, 0.15) is 39.5 Å². The van der Waals surface area contributed by atoms with Crippen molar-refractivity contribution in [3.63, 3.8) is 0 Å². The molecule has 0 aromatic heterocycles. The van der Waals surface area contributed by atoms with E-state index in [4.69, 9.17) is 5.73 Å². The molecule has 2 N–H and O–H groups in total. The molecule has 0 saturated heterocycles. The predicted octanol–water partition coefficient (Wildman–Crippen LogP) is 1.37. The average Bonchev–Trinajstić information content (AvgIpc) is 2.16. The van der Waals surface area contributed by atoms with Crippen molar-refractivity contribution in [2.24, 2.45) is 11.7 Å². The van der Waals surface area contributed by atoms with E-state index in [1.807, 2.05) is 11.9 Å². The zero-order valence-electron chi connectivity index (χ0n) is 9.49. The fourth-order valence-electron chi connectivity index (χ4n) is 2.36. The Labute approximate surface area is 86.6 Å². The van der Waals surface area contributed by atoms with Gasteiger partial charge >= 0.3 is 0 Å². The van der Waals surface area contributed by atoms with E-state index in [0.29, 0.717) is 12.0 Å². The van der Waals surface area contributed by atoms with Crippen molar-refractivity contribution in [3.05, 3.63) is 0 Å². The van der Waals surface area contributed by atoms with E-state index in [2.05, 4.69) is 6.92 Å². The lowest BCUT2D eigenvalue weighted by molar-refractivity contribution is -0.134. The van der Waals surface area contributed by atoms with Gasteiger partial charge in [-0.15, -0.1) is 0 Å². The van der Waals surface area contributed by atoms with Crippen LogP contribution in [0.5, 0.6) is 0 Å². The summed E-state index contributed by atoms with van der Waals surface area (Å²) in [6.07, 6.45) is 4.92. The lowest BCUT2D eigenvalue weighted by Crippen LogP contribution is -2.48. The minimum Gasteiger partial charge on any atom is -0.341 e. The highest BCUT2D eigenvalue weighted by molar-refractivity contribution is 5.81. The van der Waals surface area contributed by atoms with Crippen LogP contribution in [0.25, 0.3) is 0 Å². The SMILES string of the molecule is CC1CCCCC1N(C)C(=O)[C@H](C)N. The fourth-order valence-corrected chi connectivity index (χ4v) is 2.36. The summed E-state index contributed by atoms with van der Waals surface area (Å²) in [5.41, 5.74) is 5.60. The maximum atomic E-state index is 11.7. The molecule has 0 aromatic carbocycles. The Morgan fingerprint density at radius 1 is 1.43 bits per heavy atom. The number of nitrogens with zero attached hydrogens (tertiary/aromatic N) is 1. The van der Waals surface area contributed by atoms with Gasteiger partial charge in [-0.3, -0.25) is 4.79 Å². The number of rotatable bonds is 2. The second kappa shape index (κ2) is 4.78. The molecule has 1 saturated carbocycles. The third-order valence-corrected chi connectivity index (χ3v) is 3.30. The quantitative estimate of drug-likeness (QED) is 0.728. The van der Waals surface area contributed by atoms with Crippen LogP contribution in [0.3, 0.4) is 0 Å². The molecule has 0 aliphatic heterocycles. The molecule has 3 heteroatoms. The summed E-state index contributed by atoms with van der Waals surface area (Å²) in [6, 6.07) is 0.0383. The molecule has 0 spiro atoms. The number of amides is 1. The van der Waals surface area contributed by atoms with E-state index >= 15 is 0 Å². The van der Waals surface area contributed by atoms with E-state index in [1.165, 1.54) is 19.3 Å². The number of likely N-dealkylation sites (N-methyl/N-ethyl adjacent to an activating group) is 1. The van der Waals surface area contributed by atoms with Crippen molar-refractivity contribution in [2.45, 2.75) is 51.6 Å². The van der Waals surface area contributed by atoms with Gasteiger partial charge in [0.1, 0.15) is 0 Å². The van der Waals surface area contributed by atoms with Crippen molar-refractivity contribution in [1.82, 2.24) is 4.90 Å². The predicted molar refractivity (Wildman–Crippen MR) is 57.8 cm³/mol. The van der Waals surface area contributed by atoms with E-state index in [0.717, 1.165) is 6.42 Å². The Balaban J connectivity index is 2.57. The number of hydrogen-bond acceptors (Lipinski definition) is 2. The summed E-state index contributed by atoms with van der Waals surface area (Å²) in [5, 5.41) is 0. The minimum absolute atomic E-state index is 0.0729. The number of hydrogen-bond donors (Lipinski definition) is 1. The van der Waals surface area contributed by atoms with E-state index < -0.39 is 0 Å². The average molecular weight is 198 g/mol. The van der Waals surface area contributed by atoms with Crippen molar-refractivity contribution in [1.29, 1.82) is 0 Å². The Morgan fingerprint density at radius 3 is 2.50 bits per heavy atom. The molecule has 0 bridgehead atoms. The van der Waals surface area contributed by atoms with Crippen LogP contribution in [0.15, 0.2) is 0 Å². The second-order valence-electron chi connectivity index (χ2n) is 4.57. The number of carbonyl (C=O) groups is 1. The van der Waals surface area contributed by atoms with Gasteiger partial charge in [-0.25, -0.2) is 0 Å². The van der Waals surface area contributed by atoms with Crippen LogP contribution in [-0.2, 0) is 4.79 Å². The first-order valence-electron chi connectivity index (χ1n) is 5.56. The van der Waals surface area contributed by atoms with Crippen LogP contribution in [0, 0.1) is 5.92 Å². The van der Waals surface area contributed by atoms with Crippen LogP contribution >= 0.6 is 0 Å². The molecule has 0 radical (unpaired) electrons. The molecule has 14 heavy (non-hydrogen) atoms. The first kappa shape index (κ1) is 11.5. The van der Waals surface area contributed by atoms with Gasteiger partial charge in [0.2, 0.25) is 5.91 Å². The van der Waals surface area contributed by atoms with Gasteiger partial charge in [-0.05, 0) is 25.7 Å². The Bertz CT molecular complexity index is 203. The van der Waals surface area contributed by atoms with Crippen molar-refractivity contribution in [2.75, 3.05) is 7.05 Å². The molecule has 1 aliphatic carbocycles. The van der Waals surface area contributed by atoms with E-state index in [9.17, 15) is 4.79 Å². The lowest BCUT2D eigenvalue weighted by Gasteiger charge is -2.37. The third kappa shape index (κ3) is 2.47. The van der Waals surface area contributed by atoms with E-state index in [-0.39, 0.29) is 11.9 Å². The summed E-state index contributed by atoms with van der Waals surface area (Å²) in [6.45, 7) is 3.99. The van der Waals surface area contributed by atoms with Gasteiger partial charge < -0.3 is 10.6 Å². The summed E-state index contributed by atoms with van der Waals surface area (Å²) in [5.74, 6) is 0.695. The zero-order chi connectivity index (χ0) is 10.7. The largest absolute Gasteiger partial charge is 0.341 e. The molecule has 82 valence electrons. The zero-order valence-corrected chi connectivity index (χ0v) is 9.49. The maximum Gasteiger partial charge on any atom is 0.239 e. The fraction of sp³-hybridized carbons (Fsp3) is 0.909. The number of carbonyl (C=O) groups excluding carboxylic acids is 1. The van der Waals surface area contributed by atoms with Crippen LogP contribution < -0.4 is 5.73 Å². The lowest BCUT2D eigenvalue weighted by atomic mass is 9.85. The number of nitrogens with two attached hydrogens (primary N) is 1. The first-order valence-corrected chi connectivity index (χ1v) is 5.56. The molecule has 3 nitrogen and oxygen atoms in total. The van der Waals surface area contributed by atoms with Crippen molar-refractivity contribution in [3.8, 4) is 0 Å². The molecule has 1 rings (SSSR count). The third-order valence-electron chi connectivity index (χ3n) is 3.30. The van der Waals surface area contributed by atoms with Crippen LogP contribution in [0.2, 0.25) is 0 Å². The van der Waals surface area contributed by atoms with Gasteiger partial charge in [0, 0.05) is 13.1 Å². The summed E-state index contributed by atoms with van der Waals surface area (Å²) in [4.78, 5) is 13.5. The molecule has 1 fully saturated rings. The summed E-state index contributed by atoms with van der Waals surface area (Å²) < 4.78 is 0. The molecule has 1 amide bonds. The standard InChI is InChI=1S/C11H22N2O/c1-8-6-4-5-7-10(8)13(3)11(14)9(2)12/h8-10H,4-7,12H2,1-3H3/t8?,9-,10?/m0/s1. The van der Waals surface area contributed by atoms with Crippen LogP contribution in [-0.4, -0.2) is 29.9 Å². The topological polar surface area (TPSA) is 46.3 Å².